The lowest BCUT2D eigenvalue weighted by atomic mass is 10.2. The molecule has 3 rings (SSSR count). The van der Waals surface area contributed by atoms with E-state index in [1.807, 2.05) is 23.6 Å². The standard InChI is InChI=1S/C19H15Cl2N3O2S/c20-12-5-7-13(8-6-12)23-18(26)10-22-17(25)9-14-11-27-19(24-14)15-3-1-2-4-16(15)21/h1-8,11H,9-10H2,(H,22,25)(H,23,26). The number of rotatable bonds is 6. The Morgan fingerprint density at radius 1 is 1.00 bits per heavy atom. The van der Waals surface area contributed by atoms with Crippen LogP contribution in [0.1, 0.15) is 5.69 Å². The van der Waals surface area contributed by atoms with Crippen LogP contribution in [0.5, 0.6) is 0 Å². The normalized spacial score (nSPS) is 10.4. The minimum absolute atomic E-state index is 0.0924. The Hall–Kier alpha value is -2.41. The number of hydrogen-bond acceptors (Lipinski definition) is 4. The molecule has 0 fully saturated rings. The largest absolute Gasteiger partial charge is 0.347 e. The Morgan fingerprint density at radius 2 is 1.74 bits per heavy atom. The summed E-state index contributed by atoms with van der Waals surface area (Å²) in [6, 6.07) is 14.1. The van der Waals surface area contributed by atoms with E-state index < -0.39 is 0 Å². The maximum Gasteiger partial charge on any atom is 0.243 e. The molecule has 0 atom stereocenters. The van der Waals surface area contributed by atoms with E-state index in [0.717, 1.165) is 10.6 Å². The average Bonchev–Trinajstić information content (AvgIpc) is 3.10. The molecule has 0 spiro atoms. The van der Waals surface area contributed by atoms with Crippen molar-refractivity contribution in [3.8, 4) is 10.6 Å². The van der Waals surface area contributed by atoms with Gasteiger partial charge < -0.3 is 10.6 Å². The minimum Gasteiger partial charge on any atom is -0.347 e. The van der Waals surface area contributed by atoms with Crippen LogP contribution in [-0.2, 0) is 16.0 Å². The summed E-state index contributed by atoms with van der Waals surface area (Å²) in [5.74, 6) is -0.599. The fourth-order valence-electron chi connectivity index (χ4n) is 2.29. The van der Waals surface area contributed by atoms with E-state index in [4.69, 9.17) is 23.2 Å². The predicted octanol–water partition coefficient (Wildman–Crippen LogP) is 4.41. The quantitative estimate of drug-likeness (QED) is 0.621. The molecule has 3 aromatic rings. The molecule has 0 saturated heterocycles. The minimum atomic E-state index is -0.319. The molecule has 2 N–H and O–H groups in total. The smallest absolute Gasteiger partial charge is 0.243 e. The first-order chi connectivity index (χ1) is 13.0. The van der Waals surface area contributed by atoms with Gasteiger partial charge in [-0.3, -0.25) is 9.59 Å². The molecule has 2 amide bonds. The molecule has 1 aromatic heterocycles. The van der Waals surface area contributed by atoms with E-state index in [-0.39, 0.29) is 24.8 Å². The van der Waals surface area contributed by atoms with E-state index in [0.29, 0.717) is 21.4 Å². The second-order valence-electron chi connectivity index (χ2n) is 5.63. The second kappa shape index (κ2) is 8.99. The van der Waals surface area contributed by atoms with Gasteiger partial charge in [0.05, 0.1) is 23.7 Å². The van der Waals surface area contributed by atoms with Crippen LogP contribution in [0.2, 0.25) is 10.0 Å². The van der Waals surface area contributed by atoms with Crippen molar-refractivity contribution in [2.75, 3.05) is 11.9 Å². The third-order valence-corrected chi connectivity index (χ3v) is 5.08. The zero-order valence-corrected chi connectivity index (χ0v) is 16.4. The Balaban J connectivity index is 1.50. The first-order valence-corrected chi connectivity index (χ1v) is 9.66. The fourth-order valence-corrected chi connectivity index (χ4v) is 3.56. The summed E-state index contributed by atoms with van der Waals surface area (Å²) in [5, 5.41) is 9.03. The first-order valence-electron chi connectivity index (χ1n) is 8.02. The predicted molar refractivity (Wildman–Crippen MR) is 109 cm³/mol. The van der Waals surface area contributed by atoms with Crippen LogP contribution in [-0.4, -0.2) is 23.3 Å². The molecule has 0 aliphatic carbocycles. The van der Waals surface area contributed by atoms with Gasteiger partial charge in [0.15, 0.2) is 0 Å². The van der Waals surface area contributed by atoms with Gasteiger partial charge in [-0.15, -0.1) is 11.3 Å². The van der Waals surface area contributed by atoms with E-state index in [2.05, 4.69) is 15.6 Å². The molecule has 0 aliphatic heterocycles. The summed E-state index contributed by atoms with van der Waals surface area (Å²) in [7, 11) is 0. The summed E-state index contributed by atoms with van der Waals surface area (Å²) >= 11 is 13.4. The molecular formula is C19H15Cl2N3O2S. The molecular weight excluding hydrogens is 405 g/mol. The molecule has 0 radical (unpaired) electrons. The second-order valence-corrected chi connectivity index (χ2v) is 7.33. The molecule has 8 heteroatoms. The van der Waals surface area contributed by atoms with Crippen LogP contribution >= 0.6 is 34.5 Å². The monoisotopic (exact) mass is 419 g/mol. The SMILES string of the molecule is O=C(Cc1csc(-c2ccccc2Cl)n1)NCC(=O)Nc1ccc(Cl)cc1. The molecule has 5 nitrogen and oxygen atoms in total. The highest BCUT2D eigenvalue weighted by Crippen LogP contribution is 2.30. The van der Waals surface area contributed by atoms with Crippen molar-refractivity contribution in [3.63, 3.8) is 0 Å². The summed E-state index contributed by atoms with van der Waals surface area (Å²) in [6.45, 7) is -0.122. The summed E-state index contributed by atoms with van der Waals surface area (Å²) in [6.07, 6.45) is 0.0924. The molecule has 0 bridgehead atoms. The number of hydrogen-bond donors (Lipinski definition) is 2. The molecule has 0 unspecified atom stereocenters. The van der Waals surface area contributed by atoms with Crippen LogP contribution in [0.3, 0.4) is 0 Å². The number of halogens is 2. The fraction of sp³-hybridized carbons (Fsp3) is 0.105. The number of amides is 2. The van der Waals surface area contributed by atoms with E-state index in [9.17, 15) is 9.59 Å². The Labute approximate surface area is 170 Å². The van der Waals surface area contributed by atoms with Gasteiger partial charge in [0.2, 0.25) is 11.8 Å². The van der Waals surface area contributed by atoms with Crippen LogP contribution < -0.4 is 10.6 Å². The molecule has 2 aromatic carbocycles. The molecule has 27 heavy (non-hydrogen) atoms. The third kappa shape index (κ3) is 5.53. The number of aromatic nitrogens is 1. The lowest BCUT2D eigenvalue weighted by Gasteiger charge is -2.06. The van der Waals surface area contributed by atoms with Crippen molar-refractivity contribution >= 4 is 52.0 Å². The molecule has 0 saturated carbocycles. The van der Waals surface area contributed by atoms with E-state index in [1.54, 1.807) is 30.3 Å². The Bertz CT molecular complexity index is 958. The van der Waals surface area contributed by atoms with Gasteiger partial charge in [-0.05, 0) is 30.3 Å². The van der Waals surface area contributed by atoms with Crippen molar-refractivity contribution in [2.24, 2.45) is 0 Å². The maximum atomic E-state index is 12.1. The van der Waals surface area contributed by atoms with Crippen LogP contribution in [0, 0.1) is 0 Å². The van der Waals surface area contributed by atoms with Crippen molar-refractivity contribution in [2.45, 2.75) is 6.42 Å². The first kappa shape index (κ1) is 19.4. The van der Waals surface area contributed by atoms with Crippen molar-refractivity contribution in [3.05, 3.63) is 69.7 Å². The number of nitrogens with one attached hydrogen (secondary N) is 2. The number of anilines is 1. The lowest BCUT2D eigenvalue weighted by Crippen LogP contribution is -2.33. The van der Waals surface area contributed by atoms with Gasteiger partial charge >= 0.3 is 0 Å². The number of carbonyl (C=O) groups excluding carboxylic acids is 2. The molecule has 138 valence electrons. The van der Waals surface area contributed by atoms with Gasteiger partial charge in [0.25, 0.3) is 0 Å². The average molecular weight is 420 g/mol. The van der Waals surface area contributed by atoms with Crippen molar-refractivity contribution in [1.82, 2.24) is 10.3 Å². The lowest BCUT2D eigenvalue weighted by molar-refractivity contribution is -0.123. The molecule has 0 aliphatic rings. The zero-order valence-electron chi connectivity index (χ0n) is 14.0. The number of nitrogens with zero attached hydrogens (tertiary/aromatic N) is 1. The van der Waals surface area contributed by atoms with Crippen LogP contribution in [0.15, 0.2) is 53.9 Å². The van der Waals surface area contributed by atoms with Crippen molar-refractivity contribution < 1.29 is 9.59 Å². The van der Waals surface area contributed by atoms with Gasteiger partial charge in [-0.1, -0.05) is 41.4 Å². The number of benzene rings is 2. The van der Waals surface area contributed by atoms with E-state index in [1.165, 1.54) is 11.3 Å². The number of carbonyl (C=O) groups is 2. The van der Waals surface area contributed by atoms with Gasteiger partial charge in [0.1, 0.15) is 5.01 Å². The zero-order chi connectivity index (χ0) is 19.2. The topological polar surface area (TPSA) is 71.1 Å². The van der Waals surface area contributed by atoms with Crippen LogP contribution in [0.4, 0.5) is 5.69 Å². The Kier molecular flexibility index (Phi) is 6.45. The molecule has 1 heterocycles. The van der Waals surface area contributed by atoms with Crippen LogP contribution in [0.25, 0.3) is 10.6 Å². The maximum absolute atomic E-state index is 12.1. The highest BCUT2D eigenvalue weighted by Gasteiger charge is 2.12. The highest BCUT2D eigenvalue weighted by molar-refractivity contribution is 7.13. The third-order valence-electron chi connectivity index (χ3n) is 3.57. The van der Waals surface area contributed by atoms with Gasteiger partial charge in [-0.25, -0.2) is 4.98 Å². The summed E-state index contributed by atoms with van der Waals surface area (Å²) < 4.78 is 0. The van der Waals surface area contributed by atoms with Crippen molar-refractivity contribution in [1.29, 1.82) is 0 Å². The Morgan fingerprint density at radius 3 is 2.48 bits per heavy atom. The summed E-state index contributed by atoms with van der Waals surface area (Å²) in [5.41, 5.74) is 2.08. The summed E-state index contributed by atoms with van der Waals surface area (Å²) in [4.78, 5) is 28.4. The van der Waals surface area contributed by atoms with E-state index >= 15 is 0 Å². The number of thiazole rings is 1. The van der Waals surface area contributed by atoms with Gasteiger partial charge in [-0.2, -0.15) is 0 Å². The van der Waals surface area contributed by atoms with Gasteiger partial charge in [0, 0.05) is 21.7 Å². The highest BCUT2D eigenvalue weighted by atomic mass is 35.5.